The molecule has 4 nitrogen and oxygen atoms in total. The van der Waals surface area contributed by atoms with Crippen LogP contribution in [0.15, 0.2) is 24.5 Å². The van der Waals surface area contributed by atoms with Crippen molar-refractivity contribution in [3.8, 4) is 5.75 Å². The minimum atomic E-state index is 0.158. The Labute approximate surface area is 121 Å². The highest BCUT2D eigenvalue weighted by Crippen LogP contribution is 2.07. The fourth-order valence-electron chi connectivity index (χ4n) is 1.90. The minimum absolute atomic E-state index is 0.158. The van der Waals surface area contributed by atoms with Crippen LogP contribution in [0.3, 0.4) is 0 Å². The van der Waals surface area contributed by atoms with Gasteiger partial charge in [-0.05, 0) is 25.0 Å². The molecule has 4 heteroatoms. The third-order valence-corrected chi connectivity index (χ3v) is 3.07. The Morgan fingerprint density at radius 3 is 2.65 bits per heavy atom. The summed E-state index contributed by atoms with van der Waals surface area (Å²) in [6.45, 7) is 3.49. The summed E-state index contributed by atoms with van der Waals surface area (Å²) >= 11 is 0. The van der Waals surface area contributed by atoms with Crippen molar-refractivity contribution in [2.45, 2.75) is 51.9 Å². The number of carbonyl (C=O) groups excluding carboxylic acids is 1. The Hall–Kier alpha value is -1.58. The summed E-state index contributed by atoms with van der Waals surface area (Å²) in [6.07, 6.45) is 10.8. The van der Waals surface area contributed by atoms with Crippen LogP contribution in [0.25, 0.3) is 0 Å². The zero-order valence-corrected chi connectivity index (χ0v) is 12.4. The summed E-state index contributed by atoms with van der Waals surface area (Å²) in [5, 5.41) is 2.93. The van der Waals surface area contributed by atoms with Gasteiger partial charge >= 0.3 is 0 Å². The number of hydrogen-bond donors (Lipinski definition) is 1. The number of nitrogens with zero attached hydrogens (tertiary/aromatic N) is 1. The summed E-state index contributed by atoms with van der Waals surface area (Å²) in [4.78, 5) is 15.5. The van der Waals surface area contributed by atoms with Crippen LogP contribution in [0.5, 0.6) is 5.75 Å². The van der Waals surface area contributed by atoms with Crippen molar-refractivity contribution in [2.24, 2.45) is 0 Å². The summed E-state index contributed by atoms with van der Waals surface area (Å²) in [7, 11) is 0. The summed E-state index contributed by atoms with van der Waals surface area (Å²) in [5.74, 6) is 0.979. The standard InChI is InChI=1S/C16H26N2O2/c1-2-3-4-5-6-8-16(19)18-11-7-14-20-15-9-12-17-13-10-15/h9-10,12-13H,2-8,11,14H2,1H3,(H,18,19). The summed E-state index contributed by atoms with van der Waals surface area (Å²) < 4.78 is 5.52. The fourth-order valence-corrected chi connectivity index (χ4v) is 1.90. The molecule has 0 radical (unpaired) electrons. The molecule has 0 bridgehead atoms. The molecule has 1 aromatic rings. The highest BCUT2D eigenvalue weighted by Gasteiger charge is 2.00. The molecule has 1 N–H and O–H groups in total. The molecule has 0 aromatic carbocycles. The third kappa shape index (κ3) is 8.51. The molecule has 0 unspecified atom stereocenters. The molecule has 0 saturated carbocycles. The second kappa shape index (κ2) is 11.3. The first-order chi connectivity index (χ1) is 9.83. The van der Waals surface area contributed by atoms with Gasteiger partial charge < -0.3 is 10.1 Å². The normalized spacial score (nSPS) is 10.2. The zero-order chi connectivity index (χ0) is 14.5. The van der Waals surface area contributed by atoms with Gasteiger partial charge in [-0.3, -0.25) is 9.78 Å². The molecule has 1 aromatic heterocycles. The van der Waals surface area contributed by atoms with Gasteiger partial charge in [-0.1, -0.05) is 32.6 Å². The molecule has 0 aliphatic heterocycles. The van der Waals surface area contributed by atoms with Crippen LogP contribution in [0.2, 0.25) is 0 Å². The zero-order valence-electron chi connectivity index (χ0n) is 12.4. The third-order valence-electron chi connectivity index (χ3n) is 3.07. The molecule has 0 spiro atoms. The van der Waals surface area contributed by atoms with Gasteiger partial charge in [0.1, 0.15) is 5.75 Å². The van der Waals surface area contributed by atoms with E-state index in [0.717, 1.165) is 25.0 Å². The van der Waals surface area contributed by atoms with E-state index in [1.54, 1.807) is 12.4 Å². The lowest BCUT2D eigenvalue weighted by Gasteiger charge is -2.07. The summed E-state index contributed by atoms with van der Waals surface area (Å²) in [6, 6.07) is 3.66. The van der Waals surface area contributed by atoms with Crippen LogP contribution < -0.4 is 10.1 Å². The molecule has 1 rings (SSSR count). The maximum absolute atomic E-state index is 11.5. The number of ether oxygens (including phenoxy) is 1. The highest BCUT2D eigenvalue weighted by atomic mass is 16.5. The van der Waals surface area contributed by atoms with E-state index in [1.165, 1.54) is 19.3 Å². The topological polar surface area (TPSA) is 51.2 Å². The number of pyridine rings is 1. The number of aromatic nitrogens is 1. The number of amides is 1. The quantitative estimate of drug-likeness (QED) is 0.632. The van der Waals surface area contributed by atoms with Gasteiger partial charge in [0.2, 0.25) is 5.91 Å². The van der Waals surface area contributed by atoms with Crippen LogP contribution in [0, 0.1) is 0 Å². The first kappa shape index (κ1) is 16.5. The van der Waals surface area contributed by atoms with Gasteiger partial charge in [-0.2, -0.15) is 0 Å². The molecule has 0 aliphatic rings. The SMILES string of the molecule is CCCCCCCC(=O)NCCCOc1ccncc1. The van der Waals surface area contributed by atoms with Gasteiger partial charge in [-0.15, -0.1) is 0 Å². The van der Waals surface area contributed by atoms with E-state index < -0.39 is 0 Å². The monoisotopic (exact) mass is 278 g/mol. The van der Waals surface area contributed by atoms with Crippen molar-refractivity contribution in [2.75, 3.05) is 13.2 Å². The summed E-state index contributed by atoms with van der Waals surface area (Å²) in [5.41, 5.74) is 0. The van der Waals surface area contributed by atoms with Crippen LogP contribution >= 0.6 is 0 Å². The van der Waals surface area contributed by atoms with Crippen molar-refractivity contribution >= 4 is 5.91 Å². The number of rotatable bonds is 11. The van der Waals surface area contributed by atoms with Crippen molar-refractivity contribution in [1.82, 2.24) is 10.3 Å². The van der Waals surface area contributed by atoms with E-state index in [4.69, 9.17) is 4.74 Å². The average molecular weight is 278 g/mol. The molecule has 0 saturated heterocycles. The Morgan fingerprint density at radius 2 is 1.90 bits per heavy atom. The first-order valence-electron chi connectivity index (χ1n) is 7.62. The molecular weight excluding hydrogens is 252 g/mol. The largest absolute Gasteiger partial charge is 0.493 e. The molecule has 112 valence electrons. The molecule has 0 atom stereocenters. The molecule has 0 aliphatic carbocycles. The lowest BCUT2D eigenvalue weighted by Crippen LogP contribution is -2.25. The van der Waals surface area contributed by atoms with E-state index in [1.807, 2.05) is 12.1 Å². The second-order valence-corrected chi connectivity index (χ2v) is 4.90. The van der Waals surface area contributed by atoms with E-state index in [9.17, 15) is 4.79 Å². The molecular formula is C16H26N2O2. The van der Waals surface area contributed by atoms with Crippen molar-refractivity contribution < 1.29 is 9.53 Å². The smallest absolute Gasteiger partial charge is 0.219 e. The lowest BCUT2D eigenvalue weighted by molar-refractivity contribution is -0.121. The van der Waals surface area contributed by atoms with Crippen LogP contribution in [-0.4, -0.2) is 24.0 Å². The Kier molecular flexibility index (Phi) is 9.28. The van der Waals surface area contributed by atoms with E-state index in [0.29, 0.717) is 19.6 Å². The highest BCUT2D eigenvalue weighted by molar-refractivity contribution is 5.75. The number of nitrogens with one attached hydrogen (secondary N) is 1. The molecule has 0 fully saturated rings. The van der Waals surface area contributed by atoms with E-state index >= 15 is 0 Å². The van der Waals surface area contributed by atoms with Gasteiger partial charge in [-0.25, -0.2) is 0 Å². The van der Waals surface area contributed by atoms with E-state index in [2.05, 4.69) is 17.2 Å². The average Bonchev–Trinajstić information content (AvgIpc) is 2.48. The lowest BCUT2D eigenvalue weighted by atomic mass is 10.1. The van der Waals surface area contributed by atoms with Crippen LogP contribution in [0.1, 0.15) is 51.9 Å². The van der Waals surface area contributed by atoms with Gasteiger partial charge in [0.15, 0.2) is 0 Å². The Morgan fingerprint density at radius 1 is 1.15 bits per heavy atom. The van der Waals surface area contributed by atoms with Gasteiger partial charge in [0.25, 0.3) is 0 Å². The maximum Gasteiger partial charge on any atom is 0.219 e. The van der Waals surface area contributed by atoms with Gasteiger partial charge in [0, 0.05) is 25.4 Å². The van der Waals surface area contributed by atoms with E-state index in [-0.39, 0.29) is 5.91 Å². The molecule has 20 heavy (non-hydrogen) atoms. The first-order valence-corrected chi connectivity index (χ1v) is 7.62. The Bertz CT molecular complexity index is 355. The molecule has 1 heterocycles. The predicted octanol–water partition coefficient (Wildman–Crippen LogP) is 3.33. The maximum atomic E-state index is 11.5. The van der Waals surface area contributed by atoms with Crippen molar-refractivity contribution in [3.05, 3.63) is 24.5 Å². The number of carbonyl (C=O) groups is 1. The van der Waals surface area contributed by atoms with Crippen LogP contribution in [0.4, 0.5) is 0 Å². The minimum Gasteiger partial charge on any atom is -0.493 e. The predicted molar refractivity (Wildman–Crippen MR) is 80.7 cm³/mol. The number of unbranched alkanes of at least 4 members (excludes halogenated alkanes) is 4. The second-order valence-electron chi connectivity index (χ2n) is 4.90. The number of hydrogen-bond acceptors (Lipinski definition) is 3. The van der Waals surface area contributed by atoms with Gasteiger partial charge in [0.05, 0.1) is 6.61 Å². The fraction of sp³-hybridized carbons (Fsp3) is 0.625. The molecule has 1 amide bonds. The van der Waals surface area contributed by atoms with Crippen molar-refractivity contribution in [1.29, 1.82) is 0 Å². The Balaban J connectivity index is 1.91. The van der Waals surface area contributed by atoms with Crippen LogP contribution in [-0.2, 0) is 4.79 Å². The van der Waals surface area contributed by atoms with Crippen molar-refractivity contribution in [3.63, 3.8) is 0 Å².